The zero-order valence-electron chi connectivity index (χ0n) is 12.8. The molecule has 3 N–H and O–H groups in total. The topological polar surface area (TPSA) is 110 Å². The Hall–Kier alpha value is -2.90. The molecule has 0 saturated carbocycles. The highest BCUT2D eigenvalue weighted by Crippen LogP contribution is 2.31. The van der Waals surface area contributed by atoms with Gasteiger partial charge in [0.2, 0.25) is 11.8 Å². The molecule has 0 saturated heterocycles. The number of nitrogen functional groups attached to an aromatic ring is 1. The van der Waals surface area contributed by atoms with Crippen LogP contribution in [-0.4, -0.2) is 34.0 Å². The van der Waals surface area contributed by atoms with Crippen molar-refractivity contribution in [2.75, 3.05) is 29.0 Å². The summed E-state index contributed by atoms with van der Waals surface area (Å²) >= 11 is 0. The van der Waals surface area contributed by atoms with Gasteiger partial charge in [-0.05, 0) is 25.0 Å². The van der Waals surface area contributed by atoms with Crippen LogP contribution in [0.2, 0.25) is 0 Å². The first-order valence-corrected chi connectivity index (χ1v) is 7.41. The molecule has 23 heavy (non-hydrogen) atoms. The first-order chi connectivity index (χ1) is 11.1. The van der Waals surface area contributed by atoms with Gasteiger partial charge in [0.05, 0.1) is 4.92 Å². The summed E-state index contributed by atoms with van der Waals surface area (Å²) in [5.74, 6) is 0.167. The van der Waals surface area contributed by atoms with E-state index in [0.717, 1.165) is 19.2 Å². The van der Waals surface area contributed by atoms with Gasteiger partial charge in [-0.3, -0.25) is 10.1 Å². The van der Waals surface area contributed by atoms with Crippen molar-refractivity contribution in [1.82, 2.24) is 9.97 Å². The van der Waals surface area contributed by atoms with E-state index < -0.39 is 4.92 Å². The number of para-hydroxylation sites is 1. The maximum Gasteiger partial charge on any atom is 0.329 e. The quantitative estimate of drug-likeness (QED) is 0.640. The number of nitrogens with one attached hydrogen (secondary N) is 1. The number of nitro groups is 1. The molecule has 1 atom stereocenters. The predicted molar refractivity (Wildman–Crippen MR) is 88.5 cm³/mol. The lowest BCUT2D eigenvalue weighted by Gasteiger charge is -2.25. The van der Waals surface area contributed by atoms with Gasteiger partial charge in [0, 0.05) is 24.8 Å². The molecule has 0 spiro atoms. The molecule has 8 nitrogen and oxygen atoms in total. The van der Waals surface area contributed by atoms with Crippen LogP contribution < -0.4 is 16.0 Å². The summed E-state index contributed by atoms with van der Waals surface area (Å²) in [4.78, 5) is 20.3. The third-order valence-corrected chi connectivity index (χ3v) is 3.98. The zero-order valence-corrected chi connectivity index (χ0v) is 12.8. The molecule has 1 unspecified atom stereocenters. The molecule has 0 bridgehead atoms. The monoisotopic (exact) mass is 314 g/mol. The number of anilines is 3. The number of aromatic nitrogens is 2. The number of rotatable bonds is 5. The molecule has 2 heterocycles. The van der Waals surface area contributed by atoms with Gasteiger partial charge in [0.1, 0.15) is 6.20 Å². The van der Waals surface area contributed by atoms with E-state index in [9.17, 15) is 10.1 Å². The van der Waals surface area contributed by atoms with E-state index >= 15 is 0 Å². The first kappa shape index (κ1) is 15.0. The fourth-order valence-corrected chi connectivity index (χ4v) is 2.87. The molecule has 2 aromatic rings. The van der Waals surface area contributed by atoms with Crippen LogP contribution in [0.1, 0.15) is 12.5 Å². The lowest BCUT2D eigenvalue weighted by molar-refractivity contribution is -0.384. The minimum absolute atomic E-state index is 0.132. The highest BCUT2D eigenvalue weighted by Gasteiger charge is 2.24. The highest BCUT2D eigenvalue weighted by molar-refractivity contribution is 5.59. The smallest absolute Gasteiger partial charge is 0.329 e. The van der Waals surface area contributed by atoms with Crippen molar-refractivity contribution in [3.05, 3.63) is 46.1 Å². The maximum atomic E-state index is 10.7. The average molecular weight is 314 g/mol. The maximum absolute atomic E-state index is 10.7. The van der Waals surface area contributed by atoms with Crippen molar-refractivity contribution < 1.29 is 4.92 Å². The van der Waals surface area contributed by atoms with Crippen molar-refractivity contribution in [3.63, 3.8) is 0 Å². The summed E-state index contributed by atoms with van der Waals surface area (Å²) in [6.45, 7) is 3.61. The Morgan fingerprint density at radius 1 is 1.48 bits per heavy atom. The van der Waals surface area contributed by atoms with Gasteiger partial charge < -0.3 is 16.0 Å². The van der Waals surface area contributed by atoms with E-state index in [1.165, 1.54) is 11.3 Å². The summed E-state index contributed by atoms with van der Waals surface area (Å²) in [6.07, 6.45) is 2.16. The zero-order chi connectivity index (χ0) is 16.4. The number of fused-ring (bicyclic) bond motifs is 1. The second-order valence-corrected chi connectivity index (χ2v) is 5.52. The van der Waals surface area contributed by atoms with Crippen molar-refractivity contribution >= 4 is 23.1 Å². The minimum Gasteiger partial charge on any atom is -0.378 e. The third-order valence-electron chi connectivity index (χ3n) is 3.98. The molecule has 1 aliphatic rings. The second kappa shape index (κ2) is 6.07. The number of nitrogens with zero attached hydrogens (tertiary/aromatic N) is 4. The van der Waals surface area contributed by atoms with Gasteiger partial charge in [0.15, 0.2) is 0 Å². The summed E-state index contributed by atoms with van der Waals surface area (Å²) < 4.78 is 0. The van der Waals surface area contributed by atoms with Crippen LogP contribution in [0, 0.1) is 10.1 Å². The first-order valence-electron chi connectivity index (χ1n) is 7.41. The van der Waals surface area contributed by atoms with Crippen LogP contribution in [0.4, 0.5) is 23.1 Å². The molecule has 1 aromatic heterocycles. The predicted octanol–water partition coefficient (Wildman–Crippen LogP) is 1.83. The van der Waals surface area contributed by atoms with E-state index in [1.807, 2.05) is 6.07 Å². The molecule has 1 aromatic carbocycles. The number of hydrogen-bond donors (Lipinski definition) is 2. The van der Waals surface area contributed by atoms with E-state index in [4.69, 9.17) is 5.73 Å². The van der Waals surface area contributed by atoms with Crippen LogP contribution in [0.25, 0.3) is 0 Å². The van der Waals surface area contributed by atoms with Crippen LogP contribution in [0.5, 0.6) is 0 Å². The SMILES string of the molecule is CC1Cc2ccccc2N1CCNc1ncc([N+](=O)[O-])c(N)n1. The molecule has 0 aliphatic carbocycles. The van der Waals surface area contributed by atoms with Gasteiger partial charge >= 0.3 is 5.69 Å². The van der Waals surface area contributed by atoms with Crippen molar-refractivity contribution in [3.8, 4) is 0 Å². The number of hydrogen-bond acceptors (Lipinski definition) is 7. The highest BCUT2D eigenvalue weighted by atomic mass is 16.6. The van der Waals surface area contributed by atoms with Crippen LogP contribution in [0.3, 0.4) is 0 Å². The summed E-state index contributed by atoms with van der Waals surface area (Å²) in [5.41, 5.74) is 7.89. The van der Waals surface area contributed by atoms with E-state index in [-0.39, 0.29) is 11.5 Å². The lowest BCUT2D eigenvalue weighted by atomic mass is 10.1. The van der Waals surface area contributed by atoms with Gasteiger partial charge in [-0.2, -0.15) is 4.98 Å². The fourth-order valence-electron chi connectivity index (χ4n) is 2.87. The Balaban J connectivity index is 1.62. The van der Waals surface area contributed by atoms with Crippen LogP contribution >= 0.6 is 0 Å². The number of nitrogens with two attached hydrogens (primary N) is 1. The van der Waals surface area contributed by atoms with Gasteiger partial charge in [0.25, 0.3) is 0 Å². The van der Waals surface area contributed by atoms with Gasteiger partial charge in [-0.1, -0.05) is 18.2 Å². The van der Waals surface area contributed by atoms with E-state index in [0.29, 0.717) is 18.5 Å². The molecule has 3 rings (SSSR count). The average Bonchev–Trinajstić information content (AvgIpc) is 2.83. The largest absolute Gasteiger partial charge is 0.378 e. The molecule has 1 aliphatic heterocycles. The Morgan fingerprint density at radius 3 is 3.00 bits per heavy atom. The minimum atomic E-state index is -0.595. The van der Waals surface area contributed by atoms with Crippen molar-refractivity contribution in [2.24, 2.45) is 0 Å². The fraction of sp³-hybridized carbons (Fsp3) is 0.333. The number of benzene rings is 1. The van der Waals surface area contributed by atoms with E-state index in [2.05, 4.69) is 45.3 Å². The molecule has 0 radical (unpaired) electrons. The molecular weight excluding hydrogens is 296 g/mol. The molecule has 120 valence electrons. The molecule has 0 amide bonds. The summed E-state index contributed by atoms with van der Waals surface area (Å²) in [7, 11) is 0. The summed E-state index contributed by atoms with van der Waals surface area (Å²) in [6, 6.07) is 8.81. The Kier molecular flexibility index (Phi) is 3.96. The Morgan fingerprint density at radius 2 is 2.26 bits per heavy atom. The van der Waals surface area contributed by atoms with Gasteiger partial charge in [-0.15, -0.1) is 0 Å². The third kappa shape index (κ3) is 3.01. The van der Waals surface area contributed by atoms with Crippen LogP contribution in [0.15, 0.2) is 30.5 Å². The second-order valence-electron chi connectivity index (χ2n) is 5.52. The molecule has 0 fully saturated rings. The summed E-state index contributed by atoms with van der Waals surface area (Å²) in [5, 5.41) is 13.8. The molecular formula is C15H18N6O2. The lowest BCUT2D eigenvalue weighted by Crippen LogP contribution is -2.33. The Bertz CT molecular complexity index is 736. The van der Waals surface area contributed by atoms with Crippen LogP contribution in [-0.2, 0) is 6.42 Å². The standard InChI is InChI=1S/C15H18N6O2/c1-10-8-11-4-2-3-5-12(11)20(10)7-6-17-15-18-9-13(21(22)23)14(16)19-15/h2-5,9-10H,6-8H2,1H3,(H3,16,17,18,19). The van der Waals surface area contributed by atoms with Gasteiger partial charge in [-0.25, -0.2) is 4.98 Å². The Labute approximate surface area is 133 Å². The van der Waals surface area contributed by atoms with E-state index in [1.54, 1.807) is 0 Å². The van der Waals surface area contributed by atoms with Crippen molar-refractivity contribution in [1.29, 1.82) is 0 Å². The molecule has 8 heteroatoms. The normalized spacial score (nSPS) is 16.2. The van der Waals surface area contributed by atoms with Crippen molar-refractivity contribution in [2.45, 2.75) is 19.4 Å².